The quantitative estimate of drug-likeness (QED) is 0.701. The van der Waals surface area contributed by atoms with Crippen LogP contribution >= 0.6 is 0 Å². The maximum Gasteiger partial charge on any atom is 0.303 e. The minimum atomic E-state index is -2.85. The summed E-state index contributed by atoms with van der Waals surface area (Å²) < 4.78 is 22.3. The van der Waals surface area contributed by atoms with E-state index in [4.69, 9.17) is 5.11 Å². The summed E-state index contributed by atoms with van der Waals surface area (Å²) >= 11 is 0. The van der Waals surface area contributed by atoms with E-state index >= 15 is 0 Å². The predicted octanol–water partition coefficient (Wildman–Crippen LogP) is 0.286. The molecule has 4 nitrogen and oxygen atoms in total. The molecule has 13 heavy (non-hydrogen) atoms. The molecule has 1 aliphatic heterocycles. The fourth-order valence-electron chi connectivity index (χ4n) is 2.36. The summed E-state index contributed by atoms with van der Waals surface area (Å²) in [6, 6.07) is 0. The van der Waals surface area contributed by atoms with Gasteiger partial charge in [-0.05, 0) is 24.2 Å². The topological polar surface area (TPSA) is 71.4 Å². The van der Waals surface area contributed by atoms with Crippen LogP contribution in [0.25, 0.3) is 0 Å². The van der Waals surface area contributed by atoms with Crippen LogP contribution in [0.15, 0.2) is 0 Å². The second-order valence-electron chi connectivity index (χ2n) is 4.20. The zero-order valence-corrected chi connectivity index (χ0v) is 8.01. The van der Waals surface area contributed by atoms with Crippen molar-refractivity contribution in [2.75, 3.05) is 11.5 Å². The molecule has 0 bridgehead atoms. The highest BCUT2D eigenvalue weighted by Crippen LogP contribution is 2.60. The highest BCUT2D eigenvalue weighted by atomic mass is 32.2. The molecule has 1 N–H and O–H groups in total. The summed E-state index contributed by atoms with van der Waals surface area (Å²) in [7, 11) is -2.85. The average molecular weight is 204 g/mol. The van der Waals surface area contributed by atoms with Gasteiger partial charge in [-0.3, -0.25) is 4.79 Å². The van der Waals surface area contributed by atoms with Crippen molar-refractivity contribution in [1.29, 1.82) is 0 Å². The van der Waals surface area contributed by atoms with Crippen LogP contribution in [-0.2, 0) is 14.6 Å². The summed E-state index contributed by atoms with van der Waals surface area (Å²) in [4.78, 5) is 10.4. The molecule has 1 aliphatic carbocycles. The van der Waals surface area contributed by atoms with Crippen molar-refractivity contribution >= 4 is 15.8 Å². The predicted molar refractivity (Wildman–Crippen MR) is 46.1 cm³/mol. The molecule has 2 unspecified atom stereocenters. The lowest BCUT2D eigenvalue weighted by Gasteiger charge is -2.03. The maximum absolute atomic E-state index is 11.2. The molecule has 74 valence electrons. The van der Waals surface area contributed by atoms with Crippen LogP contribution in [0.1, 0.15) is 19.3 Å². The molecule has 2 fully saturated rings. The first-order valence-electron chi connectivity index (χ1n) is 4.36. The lowest BCUT2D eigenvalue weighted by atomic mass is 10.0. The number of carboxylic acid groups (broad SMARTS) is 1. The van der Waals surface area contributed by atoms with Crippen LogP contribution in [0.3, 0.4) is 0 Å². The number of aliphatic carboxylic acids is 1. The monoisotopic (exact) mass is 204 g/mol. The van der Waals surface area contributed by atoms with Gasteiger partial charge in [-0.1, -0.05) is 0 Å². The fourth-order valence-corrected chi connectivity index (χ4v) is 4.59. The Hall–Kier alpha value is -0.580. The van der Waals surface area contributed by atoms with Crippen LogP contribution < -0.4 is 0 Å². The van der Waals surface area contributed by atoms with Gasteiger partial charge in [-0.2, -0.15) is 0 Å². The van der Waals surface area contributed by atoms with Crippen molar-refractivity contribution in [1.82, 2.24) is 0 Å². The molecular weight excluding hydrogens is 192 g/mol. The number of carboxylic acids is 1. The van der Waals surface area contributed by atoms with Gasteiger partial charge in [0.05, 0.1) is 11.5 Å². The summed E-state index contributed by atoms with van der Waals surface area (Å²) in [5.41, 5.74) is -0.142. The highest BCUT2D eigenvalue weighted by Gasteiger charge is 2.59. The zero-order chi connectivity index (χ0) is 9.69. The van der Waals surface area contributed by atoms with E-state index in [1.54, 1.807) is 0 Å². The second-order valence-corrected chi connectivity index (χ2v) is 6.39. The minimum absolute atomic E-state index is 0.113. The van der Waals surface area contributed by atoms with Crippen LogP contribution in [0.5, 0.6) is 0 Å². The number of hydrogen-bond donors (Lipinski definition) is 1. The molecule has 2 rings (SSSR count). The first-order valence-corrected chi connectivity index (χ1v) is 6.18. The molecule has 2 aliphatic rings. The molecule has 2 atom stereocenters. The second kappa shape index (κ2) is 2.47. The lowest BCUT2D eigenvalue weighted by molar-refractivity contribution is -0.137. The van der Waals surface area contributed by atoms with Crippen molar-refractivity contribution < 1.29 is 18.3 Å². The SMILES string of the molecule is O=C(O)CC1CC12CCS(=O)(=O)C2. The third-order valence-electron chi connectivity index (χ3n) is 3.20. The van der Waals surface area contributed by atoms with Crippen molar-refractivity contribution in [3.05, 3.63) is 0 Å². The highest BCUT2D eigenvalue weighted by molar-refractivity contribution is 7.91. The van der Waals surface area contributed by atoms with Crippen LogP contribution in [0.2, 0.25) is 0 Å². The van der Waals surface area contributed by atoms with Crippen LogP contribution in [0, 0.1) is 11.3 Å². The molecule has 0 aromatic heterocycles. The standard InChI is InChI=1S/C8H12O4S/c9-7(10)3-6-4-8(6)1-2-13(11,12)5-8/h6H,1-5H2,(H,9,10). The molecule has 5 heteroatoms. The van der Waals surface area contributed by atoms with Gasteiger partial charge < -0.3 is 5.11 Å². The normalized spacial score (nSPS) is 40.8. The third-order valence-corrected chi connectivity index (χ3v) is 5.04. The van der Waals surface area contributed by atoms with Gasteiger partial charge >= 0.3 is 5.97 Å². The summed E-state index contributed by atoms with van der Waals surface area (Å²) in [5, 5.41) is 8.55. The average Bonchev–Trinajstić information content (AvgIpc) is 2.46. The Morgan fingerprint density at radius 3 is 2.69 bits per heavy atom. The van der Waals surface area contributed by atoms with Crippen LogP contribution in [0.4, 0.5) is 0 Å². The van der Waals surface area contributed by atoms with Gasteiger partial charge in [0.25, 0.3) is 0 Å². The van der Waals surface area contributed by atoms with Gasteiger partial charge in [0, 0.05) is 6.42 Å². The van der Waals surface area contributed by atoms with Crippen LogP contribution in [-0.4, -0.2) is 31.0 Å². The van der Waals surface area contributed by atoms with Crippen molar-refractivity contribution in [3.8, 4) is 0 Å². The minimum Gasteiger partial charge on any atom is -0.481 e. The smallest absolute Gasteiger partial charge is 0.303 e. The van der Waals surface area contributed by atoms with Gasteiger partial charge in [0.15, 0.2) is 9.84 Å². The van der Waals surface area contributed by atoms with Gasteiger partial charge in [0.2, 0.25) is 0 Å². The molecule has 1 spiro atoms. The van der Waals surface area contributed by atoms with Crippen molar-refractivity contribution in [3.63, 3.8) is 0 Å². The van der Waals surface area contributed by atoms with E-state index in [1.165, 1.54) is 0 Å². The Balaban J connectivity index is 2.02. The Bertz CT molecular complexity index is 345. The Morgan fingerprint density at radius 1 is 1.54 bits per heavy atom. The van der Waals surface area contributed by atoms with E-state index in [2.05, 4.69) is 0 Å². The van der Waals surface area contributed by atoms with E-state index in [9.17, 15) is 13.2 Å². The summed E-state index contributed by atoms with van der Waals surface area (Å²) in [5.74, 6) is -0.227. The van der Waals surface area contributed by atoms with Gasteiger partial charge in [-0.15, -0.1) is 0 Å². The van der Waals surface area contributed by atoms with Gasteiger partial charge in [-0.25, -0.2) is 8.42 Å². The molecule has 0 aromatic rings. The molecule has 0 amide bonds. The van der Waals surface area contributed by atoms with Gasteiger partial charge in [0.1, 0.15) is 0 Å². The molecular formula is C8H12O4S. The maximum atomic E-state index is 11.2. The number of carbonyl (C=O) groups is 1. The lowest BCUT2D eigenvalue weighted by Crippen LogP contribution is -2.09. The van der Waals surface area contributed by atoms with E-state index in [0.717, 1.165) is 6.42 Å². The molecule has 1 heterocycles. The number of rotatable bonds is 2. The zero-order valence-electron chi connectivity index (χ0n) is 7.19. The summed E-state index contributed by atoms with van der Waals surface area (Å²) in [6.45, 7) is 0. The Kier molecular flexibility index (Phi) is 1.71. The molecule has 0 aromatic carbocycles. The number of sulfone groups is 1. The molecule has 0 radical (unpaired) electrons. The Labute approximate surface area is 76.9 Å². The third kappa shape index (κ3) is 1.57. The fraction of sp³-hybridized carbons (Fsp3) is 0.875. The van der Waals surface area contributed by atoms with E-state index in [1.807, 2.05) is 0 Å². The van der Waals surface area contributed by atoms with E-state index in [0.29, 0.717) is 6.42 Å². The largest absolute Gasteiger partial charge is 0.481 e. The Morgan fingerprint density at radius 2 is 2.23 bits per heavy atom. The molecule has 1 saturated carbocycles. The van der Waals surface area contributed by atoms with E-state index in [-0.39, 0.29) is 29.3 Å². The summed E-state index contributed by atoms with van der Waals surface area (Å²) in [6.07, 6.45) is 1.60. The first-order chi connectivity index (χ1) is 5.94. The first kappa shape index (κ1) is 8.99. The van der Waals surface area contributed by atoms with Crippen molar-refractivity contribution in [2.45, 2.75) is 19.3 Å². The van der Waals surface area contributed by atoms with E-state index < -0.39 is 15.8 Å². The molecule has 1 saturated heterocycles. The number of hydrogen-bond acceptors (Lipinski definition) is 3. The van der Waals surface area contributed by atoms with Crippen molar-refractivity contribution in [2.24, 2.45) is 11.3 Å².